The molecule has 0 unspecified atom stereocenters. The summed E-state index contributed by atoms with van der Waals surface area (Å²) in [7, 11) is 0. The van der Waals surface area contributed by atoms with Gasteiger partial charge < -0.3 is 9.80 Å². The van der Waals surface area contributed by atoms with Crippen LogP contribution < -0.4 is 4.90 Å². The SMILES string of the molecule is CC(C)(C)C(=O)N1C[C@@H](c2ccccc2)[C@@]2(CCN(c3ccsc3)C2=O)C1. The van der Waals surface area contributed by atoms with Crippen LogP contribution in [0.15, 0.2) is 47.2 Å². The van der Waals surface area contributed by atoms with Crippen molar-refractivity contribution in [3.8, 4) is 0 Å². The number of rotatable bonds is 2. The first kappa shape index (κ1) is 18.2. The highest BCUT2D eigenvalue weighted by atomic mass is 32.1. The van der Waals surface area contributed by atoms with Crippen molar-refractivity contribution >= 4 is 28.8 Å². The second kappa shape index (κ2) is 6.48. The molecule has 0 saturated carbocycles. The number of benzene rings is 1. The molecule has 2 atom stereocenters. The van der Waals surface area contributed by atoms with Gasteiger partial charge in [-0.2, -0.15) is 11.3 Å². The predicted octanol–water partition coefficient (Wildman–Crippen LogP) is 4.14. The molecule has 4 rings (SSSR count). The molecule has 2 aromatic rings. The highest BCUT2D eigenvalue weighted by Gasteiger charge is 2.58. The molecular weight excluding hydrogens is 356 g/mol. The number of thiophene rings is 1. The van der Waals surface area contributed by atoms with Crippen LogP contribution in [0, 0.1) is 10.8 Å². The lowest BCUT2D eigenvalue weighted by atomic mass is 9.73. The average Bonchev–Trinajstić information content (AvgIpc) is 3.36. The Balaban J connectivity index is 1.72. The van der Waals surface area contributed by atoms with E-state index in [9.17, 15) is 9.59 Å². The maximum atomic E-state index is 13.6. The minimum Gasteiger partial charge on any atom is -0.340 e. The van der Waals surface area contributed by atoms with Gasteiger partial charge in [0.1, 0.15) is 0 Å². The van der Waals surface area contributed by atoms with Crippen molar-refractivity contribution in [2.24, 2.45) is 10.8 Å². The van der Waals surface area contributed by atoms with Crippen molar-refractivity contribution in [3.05, 3.63) is 52.7 Å². The van der Waals surface area contributed by atoms with Gasteiger partial charge in [0.2, 0.25) is 11.8 Å². The van der Waals surface area contributed by atoms with E-state index < -0.39 is 10.8 Å². The second-order valence-corrected chi connectivity index (χ2v) is 9.52. The standard InChI is InChI=1S/C22H26N2O2S/c1-21(2,3)19(25)23-13-18(16-7-5-4-6-8-16)22(15-23)10-11-24(20(22)26)17-9-12-27-14-17/h4-9,12,14,18H,10-11,13,15H2,1-3H3/t18-,22+/m0/s1. The van der Waals surface area contributed by atoms with Crippen LogP contribution in [0.3, 0.4) is 0 Å². The summed E-state index contributed by atoms with van der Waals surface area (Å²) in [6.07, 6.45) is 0.787. The second-order valence-electron chi connectivity index (χ2n) is 8.74. The monoisotopic (exact) mass is 382 g/mol. The largest absolute Gasteiger partial charge is 0.340 e. The third kappa shape index (κ3) is 2.98. The molecule has 0 N–H and O–H groups in total. The van der Waals surface area contributed by atoms with Gasteiger partial charge in [-0.1, -0.05) is 51.1 Å². The van der Waals surface area contributed by atoms with Crippen molar-refractivity contribution in [1.29, 1.82) is 0 Å². The first-order valence-corrected chi connectivity index (χ1v) is 10.5. The molecule has 0 bridgehead atoms. The number of amides is 2. The fraction of sp³-hybridized carbons (Fsp3) is 0.455. The molecule has 27 heavy (non-hydrogen) atoms. The van der Waals surface area contributed by atoms with E-state index >= 15 is 0 Å². The van der Waals surface area contributed by atoms with Crippen LogP contribution >= 0.6 is 11.3 Å². The van der Waals surface area contributed by atoms with E-state index in [4.69, 9.17) is 0 Å². The van der Waals surface area contributed by atoms with E-state index in [1.807, 2.05) is 65.6 Å². The molecule has 0 aliphatic carbocycles. The highest BCUT2D eigenvalue weighted by Crippen LogP contribution is 2.51. The highest BCUT2D eigenvalue weighted by molar-refractivity contribution is 7.08. The summed E-state index contributed by atoms with van der Waals surface area (Å²) in [6.45, 7) is 7.70. The molecule has 0 radical (unpaired) electrons. The van der Waals surface area contributed by atoms with Gasteiger partial charge in [0.25, 0.3) is 0 Å². The fourth-order valence-corrected chi connectivity index (χ4v) is 5.21. The van der Waals surface area contributed by atoms with Gasteiger partial charge in [-0.15, -0.1) is 0 Å². The number of likely N-dealkylation sites (tertiary alicyclic amines) is 1. The van der Waals surface area contributed by atoms with Crippen molar-refractivity contribution in [1.82, 2.24) is 4.90 Å². The quantitative estimate of drug-likeness (QED) is 0.783. The molecule has 1 spiro atoms. The van der Waals surface area contributed by atoms with Gasteiger partial charge in [-0.3, -0.25) is 9.59 Å². The Morgan fingerprint density at radius 3 is 2.56 bits per heavy atom. The van der Waals surface area contributed by atoms with Crippen LogP contribution in [-0.2, 0) is 9.59 Å². The summed E-state index contributed by atoms with van der Waals surface area (Å²) in [4.78, 5) is 30.5. The summed E-state index contributed by atoms with van der Waals surface area (Å²) in [6, 6.07) is 12.2. The molecule has 4 nitrogen and oxygen atoms in total. The maximum absolute atomic E-state index is 13.6. The Morgan fingerprint density at radius 1 is 1.19 bits per heavy atom. The summed E-state index contributed by atoms with van der Waals surface area (Å²) in [5.41, 5.74) is 1.17. The third-order valence-electron chi connectivity index (χ3n) is 5.94. The van der Waals surface area contributed by atoms with Gasteiger partial charge in [0.15, 0.2) is 0 Å². The lowest BCUT2D eigenvalue weighted by Gasteiger charge is -2.29. The topological polar surface area (TPSA) is 40.6 Å². The van der Waals surface area contributed by atoms with Crippen molar-refractivity contribution in [2.45, 2.75) is 33.1 Å². The van der Waals surface area contributed by atoms with Gasteiger partial charge in [0.05, 0.1) is 11.1 Å². The molecule has 2 aliphatic rings. The van der Waals surface area contributed by atoms with Crippen molar-refractivity contribution in [2.75, 3.05) is 24.5 Å². The van der Waals surface area contributed by atoms with Crippen LogP contribution in [0.1, 0.15) is 38.7 Å². The molecule has 1 aromatic heterocycles. The minimum atomic E-state index is -0.524. The number of nitrogens with zero attached hydrogens (tertiary/aromatic N) is 2. The van der Waals surface area contributed by atoms with E-state index in [0.717, 1.165) is 24.2 Å². The summed E-state index contributed by atoms with van der Waals surface area (Å²) < 4.78 is 0. The molecule has 142 valence electrons. The molecule has 1 aromatic carbocycles. The number of carbonyl (C=O) groups excluding carboxylic acids is 2. The van der Waals surface area contributed by atoms with Gasteiger partial charge in [-0.25, -0.2) is 0 Å². The molecule has 3 heterocycles. The zero-order chi connectivity index (χ0) is 19.2. The Bertz CT molecular complexity index is 841. The Labute approximate surface area is 164 Å². The first-order valence-electron chi connectivity index (χ1n) is 9.51. The van der Waals surface area contributed by atoms with Crippen LogP contribution in [0.2, 0.25) is 0 Å². The Morgan fingerprint density at radius 2 is 1.93 bits per heavy atom. The minimum absolute atomic E-state index is 0.0427. The van der Waals surface area contributed by atoms with Gasteiger partial charge >= 0.3 is 0 Å². The summed E-state index contributed by atoms with van der Waals surface area (Å²) in [5, 5.41) is 4.04. The van der Waals surface area contributed by atoms with Crippen LogP contribution in [0.5, 0.6) is 0 Å². The molecular formula is C22H26N2O2S. The van der Waals surface area contributed by atoms with Crippen molar-refractivity contribution in [3.63, 3.8) is 0 Å². The zero-order valence-electron chi connectivity index (χ0n) is 16.1. The van der Waals surface area contributed by atoms with E-state index in [1.165, 1.54) is 0 Å². The third-order valence-corrected chi connectivity index (χ3v) is 6.61. The van der Waals surface area contributed by atoms with E-state index in [-0.39, 0.29) is 17.7 Å². The van der Waals surface area contributed by atoms with Gasteiger partial charge in [0, 0.05) is 36.3 Å². The van der Waals surface area contributed by atoms with Crippen LogP contribution in [-0.4, -0.2) is 36.3 Å². The van der Waals surface area contributed by atoms with E-state index in [0.29, 0.717) is 13.1 Å². The Hall–Kier alpha value is -2.14. The smallest absolute Gasteiger partial charge is 0.235 e. The average molecular weight is 383 g/mol. The number of hydrogen-bond donors (Lipinski definition) is 0. The lowest BCUT2D eigenvalue weighted by Crippen LogP contribution is -2.42. The van der Waals surface area contributed by atoms with Crippen molar-refractivity contribution < 1.29 is 9.59 Å². The van der Waals surface area contributed by atoms with E-state index in [2.05, 4.69) is 12.1 Å². The van der Waals surface area contributed by atoms with Gasteiger partial charge in [-0.05, 0) is 23.4 Å². The number of hydrogen-bond acceptors (Lipinski definition) is 3. The zero-order valence-corrected chi connectivity index (χ0v) is 17.0. The maximum Gasteiger partial charge on any atom is 0.235 e. The summed E-state index contributed by atoms with van der Waals surface area (Å²) in [5.74, 6) is 0.335. The number of carbonyl (C=O) groups is 2. The first-order chi connectivity index (χ1) is 12.8. The molecule has 5 heteroatoms. The molecule has 2 aliphatic heterocycles. The predicted molar refractivity (Wildman–Crippen MR) is 109 cm³/mol. The normalized spacial score (nSPS) is 25.6. The molecule has 2 amide bonds. The Kier molecular flexibility index (Phi) is 4.38. The lowest BCUT2D eigenvalue weighted by molar-refractivity contribution is -0.139. The fourth-order valence-electron chi connectivity index (χ4n) is 4.57. The van der Waals surface area contributed by atoms with Crippen LogP contribution in [0.25, 0.3) is 0 Å². The van der Waals surface area contributed by atoms with E-state index in [1.54, 1.807) is 11.3 Å². The number of anilines is 1. The molecule has 2 fully saturated rings. The van der Waals surface area contributed by atoms with Crippen LogP contribution in [0.4, 0.5) is 5.69 Å². The molecule has 2 saturated heterocycles. The summed E-state index contributed by atoms with van der Waals surface area (Å²) >= 11 is 1.61.